The minimum absolute atomic E-state index is 0.194. The number of aliphatic hydroxyl groups is 1. The molecule has 2 atom stereocenters. The quantitative estimate of drug-likeness (QED) is 0.536. The zero-order valence-electron chi connectivity index (χ0n) is 15.4. The van der Waals surface area contributed by atoms with Gasteiger partial charge in [0.2, 0.25) is 5.95 Å². The molecule has 0 radical (unpaired) electrons. The fraction of sp³-hybridized carbons (Fsp3) is 0.750. The summed E-state index contributed by atoms with van der Waals surface area (Å²) in [7, 11) is 3.89. The first-order chi connectivity index (χ1) is 12.5. The van der Waals surface area contributed by atoms with Gasteiger partial charge in [0.15, 0.2) is 5.84 Å². The van der Waals surface area contributed by atoms with Crippen molar-refractivity contribution in [1.29, 1.82) is 0 Å². The maximum atomic E-state index is 9.57. The van der Waals surface area contributed by atoms with E-state index in [1.165, 1.54) is 0 Å². The van der Waals surface area contributed by atoms with Crippen LogP contribution in [0.2, 0.25) is 0 Å². The number of hydrogen-bond acceptors (Lipinski definition) is 8. The van der Waals surface area contributed by atoms with E-state index in [-0.39, 0.29) is 12.8 Å². The maximum absolute atomic E-state index is 9.57. The molecule has 144 valence electrons. The van der Waals surface area contributed by atoms with Gasteiger partial charge in [0.05, 0.1) is 13.3 Å². The van der Waals surface area contributed by atoms with Crippen molar-refractivity contribution in [1.82, 2.24) is 19.8 Å². The Balaban J connectivity index is 1.74. The standard InChI is InChI=1S/C16H28N8O2/c1-18-13-12-14(20-10-19-13)24(11-3-4-16(17,9-25)26-11)15(21-12)23-7-5-22(2)6-8-23/h11,20,25H,3-10,17H2,1-2H3,(H,18,19). The molecule has 2 saturated heterocycles. The number of nitrogens with one attached hydrogen (secondary N) is 2. The molecular weight excluding hydrogens is 336 g/mol. The number of ether oxygens (including phenoxy) is 1. The summed E-state index contributed by atoms with van der Waals surface area (Å²) in [4.78, 5) is 13.8. The van der Waals surface area contributed by atoms with Gasteiger partial charge in [-0.1, -0.05) is 0 Å². The summed E-state index contributed by atoms with van der Waals surface area (Å²) in [5.74, 6) is 2.53. The van der Waals surface area contributed by atoms with E-state index >= 15 is 0 Å². The lowest BCUT2D eigenvalue weighted by atomic mass is 10.1. The number of aliphatic hydroxyl groups excluding tert-OH is 1. The van der Waals surface area contributed by atoms with E-state index in [4.69, 9.17) is 15.5 Å². The van der Waals surface area contributed by atoms with Crippen LogP contribution in [0.5, 0.6) is 0 Å². The lowest BCUT2D eigenvalue weighted by Gasteiger charge is -2.34. The van der Waals surface area contributed by atoms with Crippen LogP contribution in [0.3, 0.4) is 0 Å². The van der Waals surface area contributed by atoms with Gasteiger partial charge in [0.25, 0.3) is 0 Å². The number of fused-ring (bicyclic) bond motifs is 1. The molecule has 2 fully saturated rings. The molecule has 1 aromatic heterocycles. The van der Waals surface area contributed by atoms with Crippen LogP contribution in [0.15, 0.2) is 4.99 Å². The number of piperazine rings is 1. The van der Waals surface area contributed by atoms with Crippen molar-refractivity contribution in [3.63, 3.8) is 0 Å². The molecule has 26 heavy (non-hydrogen) atoms. The molecule has 0 bridgehead atoms. The summed E-state index contributed by atoms with van der Waals surface area (Å²) >= 11 is 0. The highest BCUT2D eigenvalue weighted by Crippen LogP contribution is 2.39. The first kappa shape index (κ1) is 17.5. The van der Waals surface area contributed by atoms with Crippen molar-refractivity contribution >= 4 is 17.6 Å². The van der Waals surface area contributed by atoms with Crippen LogP contribution in [0.4, 0.5) is 11.8 Å². The average molecular weight is 364 g/mol. The van der Waals surface area contributed by atoms with Gasteiger partial charge in [-0.05, 0) is 19.9 Å². The number of anilines is 2. The molecule has 3 aliphatic rings. The number of likely N-dealkylation sites (N-methyl/N-ethyl adjacent to an activating group) is 1. The second-order valence-electron chi connectivity index (χ2n) is 7.21. The number of hydrogen-bond donors (Lipinski definition) is 4. The third-order valence-electron chi connectivity index (χ3n) is 5.38. The van der Waals surface area contributed by atoms with Gasteiger partial charge < -0.3 is 36.0 Å². The van der Waals surface area contributed by atoms with Gasteiger partial charge in [-0.2, -0.15) is 0 Å². The number of nitrogens with zero attached hydrogens (tertiary/aromatic N) is 5. The summed E-state index contributed by atoms with van der Waals surface area (Å²) in [6.45, 7) is 4.16. The van der Waals surface area contributed by atoms with Crippen molar-refractivity contribution in [3.05, 3.63) is 5.69 Å². The van der Waals surface area contributed by atoms with Crippen molar-refractivity contribution in [2.45, 2.75) is 24.8 Å². The fourth-order valence-corrected chi connectivity index (χ4v) is 3.79. The van der Waals surface area contributed by atoms with E-state index in [2.05, 4.69) is 37.0 Å². The molecule has 0 aromatic carbocycles. The van der Waals surface area contributed by atoms with E-state index in [0.717, 1.165) is 55.9 Å². The third-order valence-corrected chi connectivity index (χ3v) is 5.38. The van der Waals surface area contributed by atoms with Crippen LogP contribution in [0, 0.1) is 0 Å². The van der Waals surface area contributed by atoms with E-state index in [1.807, 2.05) is 0 Å². The van der Waals surface area contributed by atoms with Gasteiger partial charge in [-0.25, -0.2) is 4.98 Å². The van der Waals surface area contributed by atoms with Gasteiger partial charge >= 0.3 is 0 Å². The SMILES string of the molecule is CN=C1NCNc2c1nc(N1CCN(C)CC1)n2C1CCC(N)(CO)O1. The second-order valence-corrected chi connectivity index (χ2v) is 7.21. The molecule has 1 aromatic rings. The van der Waals surface area contributed by atoms with Crippen LogP contribution in [0.25, 0.3) is 0 Å². The van der Waals surface area contributed by atoms with E-state index in [0.29, 0.717) is 13.1 Å². The Labute approximate surface area is 153 Å². The van der Waals surface area contributed by atoms with Crippen LogP contribution >= 0.6 is 0 Å². The number of rotatable bonds is 3. The van der Waals surface area contributed by atoms with E-state index in [1.54, 1.807) is 7.05 Å². The zero-order chi connectivity index (χ0) is 18.3. The number of imidazole rings is 1. The van der Waals surface area contributed by atoms with Crippen molar-refractivity contribution in [2.75, 3.05) is 63.8 Å². The lowest BCUT2D eigenvalue weighted by Crippen LogP contribution is -2.46. The normalized spacial score (nSPS) is 31.0. The zero-order valence-corrected chi connectivity index (χ0v) is 15.4. The Kier molecular flexibility index (Phi) is 4.51. The van der Waals surface area contributed by atoms with Crippen LogP contribution in [-0.4, -0.2) is 84.7 Å². The van der Waals surface area contributed by atoms with E-state index < -0.39 is 5.72 Å². The largest absolute Gasteiger partial charge is 0.392 e. The van der Waals surface area contributed by atoms with E-state index in [9.17, 15) is 5.11 Å². The van der Waals surface area contributed by atoms with Gasteiger partial charge in [-0.15, -0.1) is 0 Å². The average Bonchev–Trinajstić information content (AvgIpc) is 3.23. The summed E-state index contributed by atoms with van der Waals surface area (Å²) in [6.07, 6.45) is 1.08. The summed E-state index contributed by atoms with van der Waals surface area (Å²) in [5.41, 5.74) is 5.96. The van der Waals surface area contributed by atoms with Crippen molar-refractivity contribution < 1.29 is 9.84 Å². The highest BCUT2D eigenvalue weighted by atomic mass is 16.6. The number of aliphatic imine (C=N–C) groups is 1. The molecule has 2 unspecified atom stereocenters. The van der Waals surface area contributed by atoms with Gasteiger partial charge in [0.1, 0.15) is 23.5 Å². The lowest BCUT2D eigenvalue weighted by molar-refractivity contribution is -0.0931. The Morgan fingerprint density at radius 3 is 2.77 bits per heavy atom. The molecule has 4 rings (SSSR count). The number of amidine groups is 1. The molecule has 0 saturated carbocycles. The van der Waals surface area contributed by atoms with Gasteiger partial charge in [0, 0.05) is 33.2 Å². The minimum Gasteiger partial charge on any atom is -0.392 e. The molecule has 3 aliphatic heterocycles. The highest BCUT2D eigenvalue weighted by molar-refractivity contribution is 6.03. The van der Waals surface area contributed by atoms with Crippen molar-refractivity contribution in [3.8, 4) is 0 Å². The van der Waals surface area contributed by atoms with Crippen LogP contribution in [0.1, 0.15) is 24.8 Å². The van der Waals surface area contributed by atoms with Gasteiger partial charge in [-0.3, -0.25) is 9.56 Å². The second kappa shape index (κ2) is 6.69. The molecule has 0 aliphatic carbocycles. The van der Waals surface area contributed by atoms with Crippen LogP contribution < -0.4 is 21.3 Å². The number of aromatic nitrogens is 2. The third kappa shape index (κ3) is 2.92. The molecule has 10 heteroatoms. The predicted octanol–water partition coefficient (Wildman–Crippen LogP) is -1.06. The summed E-state index contributed by atoms with van der Waals surface area (Å²) < 4.78 is 8.14. The molecule has 0 spiro atoms. The maximum Gasteiger partial charge on any atom is 0.210 e. The molecular formula is C16H28N8O2. The van der Waals surface area contributed by atoms with Crippen molar-refractivity contribution in [2.24, 2.45) is 10.7 Å². The molecule has 0 amide bonds. The Hall–Kier alpha value is -1.88. The number of nitrogens with two attached hydrogens (primary N) is 1. The molecule has 10 nitrogen and oxygen atoms in total. The molecule has 4 heterocycles. The Morgan fingerprint density at radius 1 is 1.35 bits per heavy atom. The fourth-order valence-electron chi connectivity index (χ4n) is 3.79. The summed E-state index contributed by atoms with van der Waals surface area (Å²) in [6, 6.07) is 0. The first-order valence-corrected chi connectivity index (χ1v) is 9.13. The minimum atomic E-state index is -0.990. The highest BCUT2D eigenvalue weighted by Gasteiger charge is 2.41. The Bertz CT molecular complexity index is 697. The smallest absolute Gasteiger partial charge is 0.210 e. The van der Waals surface area contributed by atoms with Crippen LogP contribution in [-0.2, 0) is 4.74 Å². The topological polar surface area (TPSA) is 116 Å². The Morgan fingerprint density at radius 2 is 2.12 bits per heavy atom. The summed E-state index contributed by atoms with van der Waals surface area (Å²) in [5, 5.41) is 16.2. The molecule has 5 N–H and O–H groups in total. The first-order valence-electron chi connectivity index (χ1n) is 9.13. The predicted molar refractivity (Wildman–Crippen MR) is 99.4 cm³/mol. The monoisotopic (exact) mass is 364 g/mol.